The van der Waals surface area contributed by atoms with Gasteiger partial charge in [0.25, 0.3) is 11.8 Å². The zero-order valence-electron chi connectivity index (χ0n) is 14.2. The van der Waals surface area contributed by atoms with E-state index in [1.54, 1.807) is 6.92 Å². The Morgan fingerprint density at radius 2 is 1.81 bits per heavy atom. The zero-order valence-corrected chi connectivity index (χ0v) is 14.2. The van der Waals surface area contributed by atoms with Gasteiger partial charge < -0.3 is 5.32 Å². The third-order valence-electron chi connectivity index (χ3n) is 3.65. The fourth-order valence-corrected chi connectivity index (χ4v) is 2.34. The maximum Gasteiger partial charge on any atom is 0.288 e. The first-order valence-electron chi connectivity index (χ1n) is 7.68. The Kier molecular flexibility index (Phi) is 4.64. The summed E-state index contributed by atoms with van der Waals surface area (Å²) in [5.74, 6) is -6.31. The van der Waals surface area contributed by atoms with Crippen molar-refractivity contribution in [2.75, 3.05) is 5.32 Å². The Labute approximate surface area is 150 Å². The average molecular weight is 379 g/mol. The number of hydrogen-bond acceptors (Lipinski definition) is 4. The predicted octanol–water partition coefficient (Wildman–Crippen LogP) is 3.61. The van der Waals surface area contributed by atoms with Gasteiger partial charge in [0.05, 0.1) is 24.3 Å². The molecular formula is C17H13F4N5O. The second-order valence-electron chi connectivity index (χ2n) is 5.81. The molecule has 0 atom stereocenters. The molecule has 3 rings (SSSR count). The molecule has 6 nitrogen and oxygen atoms in total. The summed E-state index contributed by atoms with van der Waals surface area (Å²) in [6, 6.07) is 4.08. The molecule has 0 saturated heterocycles. The standard InChI is InChI=1S/C17H13F4N5O/c1-9-5-13(17(2,20)21)25-26(9)10-3-4-14(23-6-10)24-16(27)15-11(18)7-22-8-12(15)19/h3-8H,1-2H3,(H,23,24,27). The molecule has 10 heteroatoms. The Morgan fingerprint density at radius 1 is 1.15 bits per heavy atom. The van der Waals surface area contributed by atoms with E-state index in [2.05, 4.69) is 20.4 Å². The fourth-order valence-electron chi connectivity index (χ4n) is 2.34. The Morgan fingerprint density at radius 3 is 2.33 bits per heavy atom. The summed E-state index contributed by atoms with van der Waals surface area (Å²) in [4.78, 5) is 19.3. The molecule has 3 heterocycles. The maximum atomic E-state index is 13.6. The van der Waals surface area contributed by atoms with Gasteiger partial charge in [0.15, 0.2) is 11.6 Å². The first kappa shape index (κ1) is 18.5. The molecule has 0 bridgehead atoms. The molecule has 140 valence electrons. The van der Waals surface area contributed by atoms with Crippen LogP contribution in [0, 0.1) is 18.6 Å². The van der Waals surface area contributed by atoms with Gasteiger partial charge in [-0.2, -0.15) is 13.9 Å². The van der Waals surface area contributed by atoms with E-state index in [4.69, 9.17) is 0 Å². The number of carbonyl (C=O) groups is 1. The van der Waals surface area contributed by atoms with Gasteiger partial charge in [-0.3, -0.25) is 9.78 Å². The van der Waals surface area contributed by atoms with E-state index in [0.717, 1.165) is 19.3 Å². The van der Waals surface area contributed by atoms with Crippen molar-refractivity contribution in [1.82, 2.24) is 19.7 Å². The van der Waals surface area contributed by atoms with Gasteiger partial charge in [0.1, 0.15) is 17.1 Å². The number of alkyl halides is 2. The number of aromatic nitrogens is 4. The van der Waals surface area contributed by atoms with Gasteiger partial charge in [-0.15, -0.1) is 0 Å². The number of halogens is 4. The van der Waals surface area contributed by atoms with Crippen LogP contribution in [-0.4, -0.2) is 25.7 Å². The number of pyridine rings is 2. The van der Waals surface area contributed by atoms with Crippen LogP contribution < -0.4 is 5.32 Å². The van der Waals surface area contributed by atoms with Crippen molar-refractivity contribution in [3.8, 4) is 5.69 Å². The average Bonchev–Trinajstić information content (AvgIpc) is 2.97. The van der Waals surface area contributed by atoms with E-state index in [0.29, 0.717) is 11.4 Å². The van der Waals surface area contributed by atoms with E-state index in [-0.39, 0.29) is 11.5 Å². The molecule has 0 spiro atoms. The van der Waals surface area contributed by atoms with Crippen LogP contribution in [0.2, 0.25) is 0 Å². The van der Waals surface area contributed by atoms with Gasteiger partial charge >= 0.3 is 0 Å². The van der Waals surface area contributed by atoms with Crippen LogP contribution in [0.5, 0.6) is 0 Å². The van der Waals surface area contributed by atoms with Crippen LogP contribution in [0.25, 0.3) is 5.69 Å². The number of amides is 1. The summed E-state index contributed by atoms with van der Waals surface area (Å²) in [6.45, 7) is 2.35. The monoisotopic (exact) mass is 379 g/mol. The largest absolute Gasteiger partial charge is 0.306 e. The van der Waals surface area contributed by atoms with Crippen molar-refractivity contribution < 1.29 is 22.4 Å². The van der Waals surface area contributed by atoms with Crippen molar-refractivity contribution in [2.45, 2.75) is 19.8 Å². The van der Waals surface area contributed by atoms with Gasteiger partial charge in [-0.05, 0) is 25.1 Å². The molecule has 0 radical (unpaired) electrons. The van der Waals surface area contributed by atoms with Gasteiger partial charge in [0, 0.05) is 12.6 Å². The Hall–Kier alpha value is -3.30. The predicted molar refractivity (Wildman–Crippen MR) is 87.8 cm³/mol. The van der Waals surface area contributed by atoms with Crippen molar-refractivity contribution in [3.05, 3.63) is 65.4 Å². The first-order valence-corrected chi connectivity index (χ1v) is 7.68. The second-order valence-corrected chi connectivity index (χ2v) is 5.81. The van der Waals surface area contributed by atoms with Gasteiger partial charge in [-0.1, -0.05) is 0 Å². The van der Waals surface area contributed by atoms with Crippen molar-refractivity contribution in [2.24, 2.45) is 0 Å². The molecule has 1 N–H and O–H groups in total. The molecule has 0 aliphatic carbocycles. The minimum absolute atomic E-state index is 0.0187. The zero-order chi connectivity index (χ0) is 19.8. The second kappa shape index (κ2) is 6.78. The summed E-state index contributed by atoms with van der Waals surface area (Å²) in [5, 5.41) is 6.10. The molecule has 1 amide bonds. The Bertz CT molecular complexity index is 975. The van der Waals surface area contributed by atoms with E-state index >= 15 is 0 Å². The highest BCUT2D eigenvalue weighted by Gasteiger charge is 2.28. The fraction of sp³-hybridized carbons (Fsp3) is 0.176. The summed E-state index contributed by atoms with van der Waals surface area (Å²) < 4.78 is 55.2. The van der Waals surface area contributed by atoms with Crippen molar-refractivity contribution in [1.29, 1.82) is 0 Å². The lowest BCUT2D eigenvalue weighted by molar-refractivity contribution is 0.0124. The topological polar surface area (TPSA) is 72.7 Å². The van der Waals surface area contributed by atoms with Crippen molar-refractivity contribution in [3.63, 3.8) is 0 Å². The lowest BCUT2D eigenvalue weighted by Gasteiger charge is -2.08. The summed E-state index contributed by atoms with van der Waals surface area (Å²) in [7, 11) is 0. The molecule has 0 fully saturated rings. The molecular weight excluding hydrogens is 366 g/mol. The van der Waals surface area contributed by atoms with Crippen LogP contribution in [-0.2, 0) is 5.92 Å². The smallest absolute Gasteiger partial charge is 0.288 e. The van der Waals surface area contributed by atoms with Gasteiger partial charge in [-0.25, -0.2) is 18.4 Å². The number of nitrogens with zero attached hydrogens (tertiary/aromatic N) is 4. The molecule has 0 saturated carbocycles. The van der Waals surface area contributed by atoms with Crippen LogP contribution >= 0.6 is 0 Å². The number of aryl methyl sites for hydroxylation is 1. The van der Waals surface area contributed by atoms with E-state index in [9.17, 15) is 22.4 Å². The number of hydrogen-bond donors (Lipinski definition) is 1. The lowest BCUT2D eigenvalue weighted by Crippen LogP contribution is -2.17. The number of nitrogens with one attached hydrogen (secondary N) is 1. The minimum atomic E-state index is -3.09. The molecule has 0 aromatic carbocycles. The number of carbonyl (C=O) groups excluding carboxylic acids is 1. The molecule has 3 aromatic heterocycles. The quantitative estimate of drug-likeness (QED) is 0.703. The van der Waals surface area contributed by atoms with Crippen LogP contribution in [0.15, 0.2) is 36.8 Å². The Balaban J connectivity index is 1.82. The minimum Gasteiger partial charge on any atom is -0.306 e. The van der Waals surface area contributed by atoms with Crippen LogP contribution in [0.3, 0.4) is 0 Å². The highest BCUT2D eigenvalue weighted by atomic mass is 19.3. The summed E-state index contributed by atoms with van der Waals surface area (Å²) >= 11 is 0. The maximum absolute atomic E-state index is 13.6. The number of anilines is 1. The third kappa shape index (κ3) is 3.78. The third-order valence-corrected chi connectivity index (χ3v) is 3.65. The first-order chi connectivity index (χ1) is 12.7. The molecule has 27 heavy (non-hydrogen) atoms. The van der Waals surface area contributed by atoms with Crippen LogP contribution in [0.1, 0.15) is 28.7 Å². The van der Waals surface area contributed by atoms with Crippen LogP contribution in [0.4, 0.5) is 23.4 Å². The number of rotatable bonds is 4. The van der Waals surface area contributed by atoms with Crippen molar-refractivity contribution >= 4 is 11.7 Å². The highest BCUT2D eigenvalue weighted by Crippen LogP contribution is 2.27. The SMILES string of the molecule is Cc1cc(C(C)(F)F)nn1-c1ccc(NC(=O)c2c(F)cncc2F)nc1. The normalized spacial score (nSPS) is 11.5. The highest BCUT2D eigenvalue weighted by molar-refractivity contribution is 6.04. The lowest BCUT2D eigenvalue weighted by atomic mass is 10.2. The molecule has 0 unspecified atom stereocenters. The molecule has 0 aliphatic rings. The molecule has 0 aliphatic heterocycles. The van der Waals surface area contributed by atoms with Gasteiger partial charge in [0.2, 0.25) is 0 Å². The summed E-state index contributed by atoms with van der Waals surface area (Å²) in [5.41, 5.74) is -0.331. The van der Waals surface area contributed by atoms with E-state index in [1.807, 2.05) is 0 Å². The van der Waals surface area contributed by atoms with E-state index in [1.165, 1.54) is 29.1 Å². The summed E-state index contributed by atoms with van der Waals surface area (Å²) in [6.07, 6.45) is 2.72. The molecule has 3 aromatic rings. The van der Waals surface area contributed by atoms with E-state index < -0.39 is 29.0 Å².